The van der Waals surface area contributed by atoms with E-state index in [1.807, 2.05) is 14.1 Å². The summed E-state index contributed by atoms with van der Waals surface area (Å²) in [4.78, 5) is 6.01. The SMILES string of the molecule is C/C(=N/c1ccc(OC(F)(F)F)cc1)N(C)C. The third-order valence-corrected chi connectivity index (χ3v) is 2.01. The molecule has 17 heavy (non-hydrogen) atoms. The molecule has 0 heterocycles. The average molecular weight is 246 g/mol. The summed E-state index contributed by atoms with van der Waals surface area (Å²) < 4.78 is 39.5. The number of aliphatic imine (C=N–C) groups is 1. The van der Waals surface area contributed by atoms with E-state index in [1.165, 1.54) is 24.3 Å². The van der Waals surface area contributed by atoms with Gasteiger partial charge in [-0.25, -0.2) is 4.99 Å². The number of hydrogen-bond acceptors (Lipinski definition) is 2. The highest BCUT2D eigenvalue weighted by Crippen LogP contribution is 2.24. The van der Waals surface area contributed by atoms with Crippen molar-refractivity contribution in [1.82, 2.24) is 4.90 Å². The van der Waals surface area contributed by atoms with Crippen LogP contribution >= 0.6 is 0 Å². The Labute approximate surface area is 97.5 Å². The predicted molar refractivity (Wildman–Crippen MR) is 59.6 cm³/mol. The number of nitrogens with zero attached hydrogens (tertiary/aromatic N) is 2. The first-order chi connectivity index (χ1) is 7.78. The Balaban J connectivity index is 2.79. The first-order valence-corrected chi connectivity index (χ1v) is 4.86. The van der Waals surface area contributed by atoms with E-state index in [2.05, 4.69) is 9.73 Å². The van der Waals surface area contributed by atoms with Gasteiger partial charge in [0.15, 0.2) is 0 Å². The minimum Gasteiger partial charge on any atom is -0.406 e. The number of amidine groups is 1. The first-order valence-electron chi connectivity index (χ1n) is 4.86. The summed E-state index contributed by atoms with van der Waals surface area (Å²) >= 11 is 0. The fraction of sp³-hybridized carbons (Fsp3) is 0.364. The van der Waals surface area contributed by atoms with Gasteiger partial charge in [0, 0.05) is 14.1 Å². The van der Waals surface area contributed by atoms with Crippen LogP contribution in [0.5, 0.6) is 5.75 Å². The van der Waals surface area contributed by atoms with Gasteiger partial charge >= 0.3 is 6.36 Å². The molecule has 0 saturated heterocycles. The molecule has 0 atom stereocenters. The third kappa shape index (κ3) is 4.76. The van der Waals surface area contributed by atoms with Crippen LogP contribution in [0.3, 0.4) is 0 Å². The van der Waals surface area contributed by atoms with E-state index < -0.39 is 6.36 Å². The Morgan fingerprint density at radius 2 is 1.71 bits per heavy atom. The molecule has 1 rings (SSSR count). The first kappa shape index (κ1) is 13.3. The van der Waals surface area contributed by atoms with Crippen LogP contribution in [0.1, 0.15) is 6.92 Å². The maximum Gasteiger partial charge on any atom is 0.573 e. The van der Waals surface area contributed by atoms with Gasteiger partial charge in [-0.05, 0) is 31.2 Å². The fourth-order valence-electron chi connectivity index (χ4n) is 1.01. The lowest BCUT2D eigenvalue weighted by Gasteiger charge is -2.11. The zero-order valence-corrected chi connectivity index (χ0v) is 9.75. The van der Waals surface area contributed by atoms with Gasteiger partial charge in [0.05, 0.1) is 5.69 Å². The highest BCUT2D eigenvalue weighted by molar-refractivity contribution is 5.82. The smallest absolute Gasteiger partial charge is 0.406 e. The maximum atomic E-state index is 11.9. The number of hydrogen-bond donors (Lipinski definition) is 0. The molecule has 0 N–H and O–H groups in total. The molecule has 0 unspecified atom stereocenters. The number of halogens is 3. The van der Waals surface area contributed by atoms with Crippen LogP contribution in [0.4, 0.5) is 18.9 Å². The van der Waals surface area contributed by atoms with E-state index >= 15 is 0 Å². The molecule has 0 spiro atoms. The molecule has 6 heteroatoms. The normalized spacial score (nSPS) is 12.5. The second kappa shape index (κ2) is 5.07. The lowest BCUT2D eigenvalue weighted by atomic mass is 10.3. The van der Waals surface area contributed by atoms with Crippen molar-refractivity contribution in [2.45, 2.75) is 13.3 Å². The molecule has 0 aromatic heterocycles. The van der Waals surface area contributed by atoms with Crippen LogP contribution in [-0.2, 0) is 0 Å². The van der Waals surface area contributed by atoms with Gasteiger partial charge in [0.25, 0.3) is 0 Å². The van der Waals surface area contributed by atoms with E-state index in [4.69, 9.17) is 0 Å². The number of ether oxygens (including phenoxy) is 1. The van der Waals surface area contributed by atoms with E-state index in [0.717, 1.165) is 5.84 Å². The van der Waals surface area contributed by atoms with Crippen molar-refractivity contribution in [1.29, 1.82) is 0 Å². The van der Waals surface area contributed by atoms with Gasteiger partial charge in [-0.15, -0.1) is 13.2 Å². The van der Waals surface area contributed by atoms with Crippen molar-refractivity contribution < 1.29 is 17.9 Å². The van der Waals surface area contributed by atoms with Gasteiger partial charge in [0.1, 0.15) is 11.6 Å². The van der Waals surface area contributed by atoms with Crippen LogP contribution in [0.15, 0.2) is 29.3 Å². The van der Waals surface area contributed by atoms with Crippen molar-refractivity contribution in [3.05, 3.63) is 24.3 Å². The quantitative estimate of drug-likeness (QED) is 0.591. The molecule has 0 bridgehead atoms. The molecule has 0 aliphatic carbocycles. The molecule has 0 fully saturated rings. The Hall–Kier alpha value is -1.72. The van der Waals surface area contributed by atoms with Crippen LogP contribution in [0, 0.1) is 0 Å². The fourth-order valence-corrected chi connectivity index (χ4v) is 1.01. The number of rotatable bonds is 2. The average Bonchev–Trinajstić information content (AvgIpc) is 2.18. The number of benzene rings is 1. The zero-order valence-electron chi connectivity index (χ0n) is 9.75. The molecule has 0 aliphatic heterocycles. The Morgan fingerprint density at radius 3 is 2.12 bits per heavy atom. The van der Waals surface area contributed by atoms with E-state index in [9.17, 15) is 13.2 Å². The molecule has 0 aliphatic rings. The summed E-state index contributed by atoms with van der Waals surface area (Å²) in [5, 5.41) is 0. The van der Waals surface area contributed by atoms with Crippen molar-refractivity contribution in [3.63, 3.8) is 0 Å². The largest absolute Gasteiger partial charge is 0.573 e. The zero-order chi connectivity index (χ0) is 13.1. The molecule has 0 saturated carbocycles. The standard InChI is InChI=1S/C11H13F3N2O/c1-8(16(2)3)15-9-4-6-10(7-5-9)17-11(12,13)14/h4-7H,1-3H3/b15-8-. The predicted octanol–water partition coefficient (Wildman–Crippen LogP) is 3.20. The van der Waals surface area contributed by atoms with Gasteiger partial charge in [-0.2, -0.15) is 0 Å². The summed E-state index contributed by atoms with van der Waals surface area (Å²) in [5.74, 6) is 0.508. The van der Waals surface area contributed by atoms with Gasteiger partial charge in [-0.3, -0.25) is 0 Å². The van der Waals surface area contributed by atoms with Gasteiger partial charge in [-0.1, -0.05) is 0 Å². The van der Waals surface area contributed by atoms with Crippen LogP contribution in [-0.4, -0.2) is 31.2 Å². The van der Waals surface area contributed by atoms with Crippen molar-refractivity contribution in [2.24, 2.45) is 4.99 Å². The summed E-state index contributed by atoms with van der Waals surface area (Å²) in [6, 6.07) is 5.40. The summed E-state index contributed by atoms with van der Waals surface area (Å²) in [6.45, 7) is 1.81. The third-order valence-electron chi connectivity index (χ3n) is 2.01. The second-order valence-electron chi connectivity index (χ2n) is 3.60. The molecule has 1 aromatic rings. The number of alkyl halides is 3. The molecular weight excluding hydrogens is 233 g/mol. The molecule has 94 valence electrons. The van der Waals surface area contributed by atoms with Gasteiger partial charge in [0.2, 0.25) is 0 Å². The van der Waals surface area contributed by atoms with E-state index in [-0.39, 0.29) is 5.75 Å². The summed E-state index contributed by atoms with van der Waals surface area (Å²) in [6.07, 6.45) is -4.66. The Morgan fingerprint density at radius 1 is 1.18 bits per heavy atom. The van der Waals surface area contributed by atoms with Gasteiger partial charge < -0.3 is 9.64 Å². The molecule has 0 radical (unpaired) electrons. The van der Waals surface area contributed by atoms with Crippen LogP contribution in [0.2, 0.25) is 0 Å². The second-order valence-corrected chi connectivity index (χ2v) is 3.60. The highest BCUT2D eigenvalue weighted by atomic mass is 19.4. The lowest BCUT2D eigenvalue weighted by Crippen LogP contribution is -2.18. The Bertz CT molecular complexity index is 396. The Kier molecular flexibility index (Phi) is 3.98. The minimum atomic E-state index is -4.66. The lowest BCUT2D eigenvalue weighted by molar-refractivity contribution is -0.274. The monoisotopic (exact) mass is 246 g/mol. The van der Waals surface area contributed by atoms with Crippen molar-refractivity contribution in [2.75, 3.05) is 14.1 Å². The van der Waals surface area contributed by atoms with E-state index in [0.29, 0.717) is 5.69 Å². The highest BCUT2D eigenvalue weighted by Gasteiger charge is 2.30. The minimum absolute atomic E-state index is 0.251. The van der Waals surface area contributed by atoms with Crippen LogP contribution < -0.4 is 4.74 Å². The molecular formula is C11H13F3N2O. The summed E-state index contributed by atoms with van der Waals surface area (Å²) in [5.41, 5.74) is 0.575. The maximum absolute atomic E-state index is 11.9. The van der Waals surface area contributed by atoms with Crippen molar-refractivity contribution >= 4 is 11.5 Å². The van der Waals surface area contributed by atoms with Crippen LogP contribution in [0.25, 0.3) is 0 Å². The summed E-state index contributed by atoms with van der Waals surface area (Å²) in [7, 11) is 3.67. The van der Waals surface area contributed by atoms with E-state index in [1.54, 1.807) is 11.8 Å². The van der Waals surface area contributed by atoms with Crippen molar-refractivity contribution in [3.8, 4) is 5.75 Å². The molecule has 3 nitrogen and oxygen atoms in total. The topological polar surface area (TPSA) is 24.8 Å². The molecule has 1 aromatic carbocycles. The molecule has 0 amide bonds.